The molecule has 4 nitrogen and oxygen atoms in total. The molecule has 0 spiro atoms. The summed E-state index contributed by atoms with van der Waals surface area (Å²) in [6, 6.07) is 8.30. The standard InChI is InChI=1S/C16H17F3N2O2S2/c17-16(18,19)14-5-1-2-6-15(14)25(22,23)21-9-7-20(8-10-21)12-13-4-3-11-24-13/h1-6,11H,7-10,12H2. The Bertz CT molecular complexity index is 812. The fourth-order valence-electron chi connectivity index (χ4n) is 2.82. The van der Waals surface area contributed by atoms with E-state index >= 15 is 0 Å². The highest BCUT2D eigenvalue weighted by atomic mass is 32.2. The molecule has 1 fully saturated rings. The topological polar surface area (TPSA) is 40.6 Å². The predicted molar refractivity (Wildman–Crippen MR) is 89.8 cm³/mol. The number of alkyl halides is 3. The summed E-state index contributed by atoms with van der Waals surface area (Å²) in [6.07, 6.45) is -4.70. The van der Waals surface area contributed by atoms with Gasteiger partial charge in [0.25, 0.3) is 0 Å². The first-order valence-electron chi connectivity index (χ1n) is 7.69. The SMILES string of the molecule is O=S(=O)(c1ccccc1C(F)(F)F)N1CCN(Cc2cccs2)CC1. The smallest absolute Gasteiger partial charge is 0.296 e. The molecule has 0 saturated carbocycles. The molecular formula is C16H17F3N2O2S2. The van der Waals surface area contributed by atoms with Crippen LogP contribution in [-0.2, 0) is 22.7 Å². The highest BCUT2D eigenvalue weighted by molar-refractivity contribution is 7.89. The molecule has 2 heterocycles. The van der Waals surface area contributed by atoms with Crippen molar-refractivity contribution in [2.24, 2.45) is 0 Å². The molecule has 3 rings (SSSR count). The van der Waals surface area contributed by atoms with Crippen molar-refractivity contribution in [2.75, 3.05) is 26.2 Å². The Balaban J connectivity index is 1.75. The average Bonchev–Trinajstić information content (AvgIpc) is 3.07. The summed E-state index contributed by atoms with van der Waals surface area (Å²) < 4.78 is 65.9. The monoisotopic (exact) mass is 390 g/mol. The van der Waals surface area contributed by atoms with Gasteiger partial charge in [-0.2, -0.15) is 17.5 Å². The van der Waals surface area contributed by atoms with E-state index < -0.39 is 26.7 Å². The number of hydrogen-bond acceptors (Lipinski definition) is 4. The van der Waals surface area contributed by atoms with E-state index in [4.69, 9.17) is 0 Å². The quantitative estimate of drug-likeness (QED) is 0.805. The van der Waals surface area contributed by atoms with Gasteiger partial charge in [0.15, 0.2) is 0 Å². The molecule has 0 aliphatic carbocycles. The van der Waals surface area contributed by atoms with Gasteiger partial charge in [0, 0.05) is 37.6 Å². The number of halogens is 3. The lowest BCUT2D eigenvalue weighted by Crippen LogP contribution is -2.48. The van der Waals surface area contributed by atoms with Crippen LogP contribution in [0.25, 0.3) is 0 Å². The first-order chi connectivity index (χ1) is 11.8. The van der Waals surface area contributed by atoms with Crippen LogP contribution in [0.3, 0.4) is 0 Å². The van der Waals surface area contributed by atoms with E-state index in [0.29, 0.717) is 13.1 Å². The number of sulfonamides is 1. The van der Waals surface area contributed by atoms with Gasteiger partial charge in [-0.05, 0) is 23.6 Å². The van der Waals surface area contributed by atoms with E-state index in [1.807, 2.05) is 17.5 Å². The summed E-state index contributed by atoms with van der Waals surface area (Å²) in [4.78, 5) is 2.61. The molecule has 0 bridgehead atoms. The van der Waals surface area contributed by atoms with Crippen LogP contribution in [0.5, 0.6) is 0 Å². The van der Waals surface area contributed by atoms with Gasteiger partial charge in [0.2, 0.25) is 10.0 Å². The van der Waals surface area contributed by atoms with Crippen molar-refractivity contribution in [1.29, 1.82) is 0 Å². The number of nitrogens with zero attached hydrogens (tertiary/aromatic N) is 2. The third kappa shape index (κ3) is 4.05. The number of hydrogen-bond donors (Lipinski definition) is 0. The normalized spacial score (nSPS) is 17.7. The van der Waals surface area contributed by atoms with Crippen molar-refractivity contribution in [3.05, 3.63) is 52.2 Å². The second-order valence-corrected chi connectivity index (χ2v) is 8.69. The summed E-state index contributed by atoms with van der Waals surface area (Å²) in [7, 11) is -4.17. The van der Waals surface area contributed by atoms with E-state index in [-0.39, 0.29) is 13.1 Å². The van der Waals surface area contributed by atoms with Gasteiger partial charge in [-0.3, -0.25) is 4.90 Å². The number of thiophene rings is 1. The van der Waals surface area contributed by atoms with Crippen LogP contribution in [0.15, 0.2) is 46.7 Å². The van der Waals surface area contributed by atoms with Crippen molar-refractivity contribution < 1.29 is 21.6 Å². The Labute approximate surface area is 148 Å². The Morgan fingerprint density at radius 3 is 2.28 bits per heavy atom. The van der Waals surface area contributed by atoms with Crippen molar-refractivity contribution in [3.63, 3.8) is 0 Å². The molecule has 0 atom stereocenters. The molecule has 136 valence electrons. The van der Waals surface area contributed by atoms with Crippen LogP contribution >= 0.6 is 11.3 Å². The van der Waals surface area contributed by atoms with Crippen molar-refractivity contribution >= 4 is 21.4 Å². The van der Waals surface area contributed by atoms with E-state index in [1.165, 1.54) is 17.0 Å². The van der Waals surface area contributed by atoms with Crippen molar-refractivity contribution in [1.82, 2.24) is 9.21 Å². The van der Waals surface area contributed by atoms with Crippen LogP contribution in [0.2, 0.25) is 0 Å². The van der Waals surface area contributed by atoms with Gasteiger partial charge >= 0.3 is 6.18 Å². The maximum absolute atomic E-state index is 13.1. The second kappa shape index (κ2) is 7.06. The lowest BCUT2D eigenvalue weighted by Gasteiger charge is -2.34. The van der Waals surface area contributed by atoms with E-state index in [1.54, 1.807) is 11.3 Å². The third-order valence-electron chi connectivity index (χ3n) is 4.10. The minimum absolute atomic E-state index is 0.180. The lowest BCUT2D eigenvalue weighted by molar-refractivity contribution is -0.139. The van der Waals surface area contributed by atoms with Crippen LogP contribution in [0.4, 0.5) is 13.2 Å². The van der Waals surface area contributed by atoms with Gasteiger partial charge in [-0.25, -0.2) is 8.42 Å². The fourth-order valence-corrected chi connectivity index (χ4v) is 5.20. The zero-order valence-corrected chi connectivity index (χ0v) is 14.9. The molecule has 0 radical (unpaired) electrons. The molecule has 9 heteroatoms. The summed E-state index contributed by atoms with van der Waals surface area (Å²) in [6.45, 7) is 2.07. The fraction of sp³-hybridized carbons (Fsp3) is 0.375. The summed E-state index contributed by atoms with van der Waals surface area (Å²) in [5.41, 5.74) is -1.11. The molecule has 0 amide bonds. The summed E-state index contributed by atoms with van der Waals surface area (Å²) >= 11 is 1.63. The third-order valence-corrected chi connectivity index (χ3v) is 6.92. The average molecular weight is 390 g/mol. The van der Waals surface area contributed by atoms with Gasteiger partial charge in [0.1, 0.15) is 0 Å². The van der Waals surface area contributed by atoms with Crippen LogP contribution < -0.4 is 0 Å². The zero-order chi connectivity index (χ0) is 18.1. The maximum atomic E-state index is 13.1. The van der Waals surface area contributed by atoms with E-state index in [2.05, 4.69) is 4.90 Å². The molecule has 1 saturated heterocycles. The number of benzene rings is 1. The molecule has 25 heavy (non-hydrogen) atoms. The largest absolute Gasteiger partial charge is 0.417 e. The van der Waals surface area contributed by atoms with Gasteiger partial charge < -0.3 is 0 Å². The molecule has 1 aliphatic rings. The van der Waals surface area contributed by atoms with Crippen LogP contribution in [-0.4, -0.2) is 43.8 Å². The minimum Gasteiger partial charge on any atom is -0.296 e. The molecule has 0 N–H and O–H groups in total. The highest BCUT2D eigenvalue weighted by Crippen LogP contribution is 2.35. The Kier molecular flexibility index (Phi) is 5.19. The predicted octanol–water partition coefficient (Wildman–Crippen LogP) is 3.27. The number of rotatable bonds is 4. The molecule has 2 aromatic rings. The Hall–Kier alpha value is -1.42. The maximum Gasteiger partial charge on any atom is 0.417 e. The highest BCUT2D eigenvalue weighted by Gasteiger charge is 2.39. The second-order valence-electron chi connectivity index (χ2n) is 5.75. The van der Waals surface area contributed by atoms with Gasteiger partial charge in [-0.1, -0.05) is 18.2 Å². The molecule has 1 aromatic carbocycles. The van der Waals surface area contributed by atoms with Crippen LogP contribution in [0.1, 0.15) is 10.4 Å². The minimum atomic E-state index is -4.70. The number of piperazine rings is 1. The molecule has 0 unspecified atom stereocenters. The lowest BCUT2D eigenvalue weighted by atomic mass is 10.2. The molecule has 1 aromatic heterocycles. The van der Waals surface area contributed by atoms with E-state index in [9.17, 15) is 21.6 Å². The van der Waals surface area contributed by atoms with Crippen molar-refractivity contribution in [2.45, 2.75) is 17.6 Å². The summed E-state index contributed by atoms with van der Waals surface area (Å²) in [5, 5.41) is 1.98. The van der Waals surface area contributed by atoms with Gasteiger partial charge in [-0.15, -0.1) is 11.3 Å². The molecular weight excluding hydrogens is 373 g/mol. The van der Waals surface area contributed by atoms with E-state index in [0.717, 1.165) is 23.0 Å². The molecule has 1 aliphatic heterocycles. The van der Waals surface area contributed by atoms with Crippen LogP contribution in [0, 0.1) is 0 Å². The Morgan fingerprint density at radius 1 is 1.00 bits per heavy atom. The Morgan fingerprint density at radius 2 is 1.68 bits per heavy atom. The zero-order valence-electron chi connectivity index (χ0n) is 13.2. The summed E-state index contributed by atoms with van der Waals surface area (Å²) in [5.74, 6) is 0. The van der Waals surface area contributed by atoms with Gasteiger partial charge in [0.05, 0.1) is 10.5 Å². The van der Waals surface area contributed by atoms with Crippen molar-refractivity contribution in [3.8, 4) is 0 Å². The first kappa shape index (κ1) is 18.4. The first-order valence-corrected chi connectivity index (χ1v) is 10.0.